The highest BCUT2D eigenvalue weighted by atomic mass is 32.1. The van der Waals surface area contributed by atoms with E-state index in [1.165, 1.54) is 35.6 Å². The van der Waals surface area contributed by atoms with Crippen LogP contribution in [0.25, 0.3) is 21.0 Å². The number of rotatable bonds is 2. The van der Waals surface area contributed by atoms with Gasteiger partial charge in [-0.05, 0) is 60.6 Å². The van der Waals surface area contributed by atoms with Crippen LogP contribution in [0.1, 0.15) is 29.5 Å². The molecule has 0 unspecified atom stereocenters. The molecular weight excluding hydrogens is 319 g/mol. The van der Waals surface area contributed by atoms with Gasteiger partial charge in [0.1, 0.15) is 16.9 Å². The summed E-state index contributed by atoms with van der Waals surface area (Å²) in [5, 5.41) is 9.81. The summed E-state index contributed by atoms with van der Waals surface area (Å²) in [7, 11) is 0. The Morgan fingerprint density at radius 2 is 2.00 bits per heavy atom. The maximum Gasteiger partial charge on any atom is 0.140 e. The van der Waals surface area contributed by atoms with E-state index in [-0.39, 0.29) is 5.56 Å². The van der Waals surface area contributed by atoms with Crippen molar-refractivity contribution in [1.29, 1.82) is 5.26 Å². The van der Waals surface area contributed by atoms with Gasteiger partial charge in [-0.1, -0.05) is 18.2 Å². The van der Waals surface area contributed by atoms with Gasteiger partial charge in [-0.2, -0.15) is 5.26 Å². The van der Waals surface area contributed by atoms with E-state index in [4.69, 9.17) is 5.26 Å². The number of halogens is 1. The lowest BCUT2D eigenvalue weighted by atomic mass is 9.88. The molecule has 0 spiro atoms. The van der Waals surface area contributed by atoms with Crippen molar-refractivity contribution in [1.82, 2.24) is 4.98 Å². The predicted octanol–water partition coefficient (Wildman–Crippen LogP) is 5.37. The van der Waals surface area contributed by atoms with E-state index in [9.17, 15) is 4.39 Å². The number of fused-ring (bicyclic) bond motifs is 1. The average Bonchev–Trinajstić information content (AvgIpc) is 3.11. The van der Waals surface area contributed by atoms with Crippen molar-refractivity contribution in [3.63, 3.8) is 0 Å². The first kappa shape index (κ1) is 15.0. The lowest BCUT2D eigenvalue weighted by Gasteiger charge is -2.18. The van der Waals surface area contributed by atoms with Crippen molar-refractivity contribution >= 4 is 11.3 Å². The van der Waals surface area contributed by atoms with Gasteiger partial charge in [0.25, 0.3) is 0 Å². The number of hydrogen-bond acceptors (Lipinski definition) is 3. The quantitative estimate of drug-likeness (QED) is 0.632. The molecule has 24 heavy (non-hydrogen) atoms. The number of nitriles is 1. The fourth-order valence-corrected chi connectivity index (χ4v) is 4.25. The lowest BCUT2D eigenvalue weighted by molar-refractivity contribution is 0.624. The second-order valence-electron chi connectivity index (χ2n) is 5.99. The fraction of sp³-hybridized carbons (Fsp3) is 0.200. The van der Waals surface area contributed by atoms with Crippen LogP contribution in [0.4, 0.5) is 4.39 Å². The van der Waals surface area contributed by atoms with E-state index in [2.05, 4.69) is 23.2 Å². The summed E-state index contributed by atoms with van der Waals surface area (Å²) in [5.41, 5.74) is 4.99. The molecule has 1 aromatic heterocycles. The second kappa shape index (κ2) is 6.18. The Hall–Kier alpha value is -2.51. The van der Waals surface area contributed by atoms with Crippen LogP contribution in [0.5, 0.6) is 0 Å². The highest BCUT2D eigenvalue weighted by molar-refractivity contribution is 7.18. The summed E-state index contributed by atoms with van der Waals surface area (Å²) in [4.78, 5) is 5.63. The largest absolute Gasteiger partial charge is 0.244 e. The Kier molecular flexibility index (Phi) is 3.87. The van der Waals surface area contributed by atoms with Gasteiger partial charge in [-0.25, -0.2) is 9.37 Å². The Morgan fingerprint density at radius 1 is 1.12 bits per heavy atom. The van der Waals surface area contributed by atoms with E-state index in [1.807, 2.05) is 12.3 Å². The Morgan fingerprint density at radius 3 is 2.88 bits per heavy atom. The van der Waals surface area contributed by atoms with Gasteiger partial charge in [0, 0.05) is 11.8 Å². The monoisotopic (exact) mass is 334 g/mol. The molecule has 4 rings (SSSR count). The molecule has 2 aromatic carbocycles. The van der Waals surface area contributed by atoms with Gasteiger partial charge in [-0.3, -0.25) is 0 Å². The summed E-state index contributed by atoms with van der Waals surface area (Å²) in [5.74, 6) is -0.491. The zero-order valence-electron chi connectivity index (χ0n) is 13.1. The molecule has 3 aromatic rings. The molecule has 0 radical (unpaired) electrons. The minimum Gasteiger partial charge on any atom is -0.244 e. The van der Waals surface area contributed by atoms with Crippen molar-refractivity contribution in [2.45, 2.75) is 25.7 Å². The zero-order valence-corrected chi connectivity index (χ0v) is 13.9. The average molecular weight is 334 g/mol. The van der Waals surface area contributed by atoms with Crippen LogP contribution in [0.2, 0.25) is 0 Å². The van der Waals surface area contributed by atoms with Gasteiger partial charge in [0.2, 0.25) is 0 Å². The minimum absolute atomic E-state index is 0.0568. The van der Waals surface area contributed by atoms with E-state index in [1.54, 1.807) is 23.5 Å². The number of hydrogen-bond donors (Lipinski definition) is 0. The third-order valence-corrected chi connectivity index (χ3v) is 5.58. The number of aryl methyl sites for hydroxylation is 1. The normalized spacial score (nSPS) is 13.3. The molecule has 1 aliphatic carbocycles. The van der Waals surface area contributed by atoms with Crippen LogP contribution < -0.4 is 0 Å². The molecule has 2 nitrogen and oxygen atoms in total. The first-order valence-electron chi connectivity index (χ1n) is 8.03. The lowest BCUT2D eigenvalue weighted by Crippen LogP contribution is -2.03. The van der Waals surface area contributed by atoms with E-state index < -0.39 is 5.82 Å². The summed E-state index contributed by atoms with van der Waals surface area (Å²) in [6, 6.07) is 13.0. The van der Waals surface area contributed by atoms with Gasteiger partial charge in [0.15, 0.2) is 0 Å². The number of benzene rings is 2. The van der Waals surface area contributed by atoms with Crippen molar-refractivity contribution in [2.24, 2.45) is 0 Å². The Balaban J connectivity index is 1.75. The maximum atomic E-state index is 13.5. The van der Waals surface area contributed by atoms with Crippen LogP contribution in [0.3, 0.4) is 0 Å². The van der Waals surface area contributed by atoms with Crippen LogP contribution in [-0.2, 0) is 12.8 Å². The highest BCUT2D eigenvalue weighted by Gasteiger charge is 2.16. The maximum absolute atomic E-state index is 13.5. The third kappa shape index (κ3) is 2.61. The standard InChI is InChI=1S/C20H15FN2S/c21-18-9-8-14(10-15(18)11-22)20-23-12-19(24-20)17-7-3-5-13-4-1-2-6-16(13)17/h3,5,7-10,12H,1-2,4,6H2. The van der Waals surface area contributed by atoms with Gasteiger partial charge < -0.3 is 0 Å². The molecule has 118 valence electrons. The predicted molar refractivity (Wildman–Crippen MR) is 94.3 cm³/mol. The molecule has 0 amide bonds. The number of nitrogens with zero attached hydrogens (tertiary/aromatic N) is 2. The Labute approximate surface area is 144 Å². The van der Waals surface area contributed by atoms with Crippen LogP contribution in [0, 0.1) is 17.1 Å². The Bertz CT molecular complexity index is 953. The summed E-state index contributed by atoms with van der Waals surface area (Å²) >= 11 is 1.59. The minimum atomic E-state index is -0.491. The molecule has 1 heterocycles. The number of thiazole rings is 1. The van der Waals surface area contributed by atoms with Gasteiger partial charge in [0.05, 0.1) is 10.4 Å². The first-order valence-corrected chi connectivity index (χ1v) is 8.85. The van der Waals surface area contributed by atoms with E-state index in [0.29, 0.717) is 0 Å². The third-order valence-electron chi connectivity index (χ3n) is 4.50. The molecule has 0 N–H and O–H groups in total. The van der Waals surface area contributed by atoms with E-state index >= 15 is 0 Å². The highest BCUT2D eigenvalue weighted by Crippen LogP contribution is 2.37. The molecular formula is C20H15FN2S. The first-order chi connectivity index (χ1) is 11.8. The molecule has 0 aliphatic heterocycles. The van der Waals surface area contributed by atoms with Crippen molar-refractivity contribution in [2.75, 3.05) is 0 Å². The smallest absolute Gasteiger partial charge is 0.140 e. The second-order valence-corrected chi connectivity index (χ2v) is 7.02. The molecule has 1 aliphatic rings. The number of aromatic nitrogens is 1. The van der Waals surface area contributed by atoms with Gasteiger partial charge >= 0.3 is 0 Å². The molecule has 0 atom stereocenters. The van der Waals surface area contributed by atoms with Gasteiger partial charge in [-0.15, -0.1) is 11.3 Å². The van der Waals surface area contributed by atoms with E-state index in [0.717, 1.165) is 28.3 Å². The molecule has 4 heteroatoms. The molecule has 0 bridgehead atoms. The SMILES string of the molecule is N#Cc1cc(-c2ncc(-c3cccc4c3CCCC4)s2)ccc1F. The van der Waals surface area contributed by atoms with Crippen LogP contribution >= 0.6 is 11.3 Å². The van der Waals surface area contributed by atoms with Crippen LogP contribution in [-0.4, -0.2) is 4.98 Å². The zero-order chi connectivity index (χ0) is 16.5. The van der Waals surface area contributed by atoms with Crippen molar-refractivity contribution in [3.8, 4) is 27.1 Å². The van der Waals surface area contributed by atoms with Crippen molar-refractivity contribution < 1.29 is 4.39 Å². The summed E-state index contributed by atoms with van der Waals surface area (Å²) < 4.78 is 13.5. The molecule has 0 saturated heterocycles. The van der Waals surface area contributed by atoms with Crippen molar-refractivity contribution in [3.05, 3.63) is 65.1 Å². The molecule has 0 saturated carbocycles. The summed E-state index contributed by atoms with van der Waals surface area (Å²) in [6.07, 6.45) is 6.65. The topological polar surface area (TPSA) is 36.7 Å². The van der Waals surface area contributed by atoms with Crippen LogP contribution in [0.15, 0.2) is 42.6 Å². The molecule has 0 fully saturated rings. The fourth-order valence-electron chi connectivity index (χ4n) is 3.29. The summed E-state index contributed by atoms with van der Waals surface area (Å²) in [6.45, 7) is 0.